The third-order valence-electron chi connectivity index (χ3n) is 4.21. The highest BCUT2D eigenvalue weighted by atomic mass is 16.7. The summed E-state index contributed by atoms with van der Waals surface area (Å²) in [5.41, 5.74) is 5.98. The first kappa shape index (κ1) is 19.7. The number of H-pyrrole nitrogens is 1. The molecule has 0 radical (unpaired) electrons. The number of nitrogens with two attached hydrogens (primary N) is 1. The van der Waals surface area contributed by atoms with Gasteiger partial charge in [0.25, 0.3) is 0 Å². The predicted molar refractivity (Wildman–Crippen MR) is 104 cm³/mol. The van der Waals surface area contributed by atoms with Gasteiger partial charge in [-0.15, -0.1) is 4.73 Å². The van der Waals surface area contributed by atoms with Crippen LogP contribution in [0.1, 0.15) is 16.8 Å². The highest BCUT2D eigenvalue weighted by Crippen LogP contribution is 2.16. The number of aromatic hydroxyl groups is 1. The molecule has 0 aliphatic heterocycles. The largest absolute Gasteiger partial charge is 0.493 e. The molecular formula is C20H20N4O5. The molecular weight excluding hydrogens is 376 g/mol. The minimum atomic E-state index is -1.12. The maximum Gasteiger partial charge on any atom is 0.362 e. The number of amides is 2. The highest BCUT2D eigenvalue weighted by Gasteiger charge is 2.26. The molecule has 2 aromatic carbocycles. The molecule has 0 unspecified atom stereocenters. The van der Waals surface area contributed by atoms with Gasteiger partial charge in [-0.2, -0.15) is 0 Å². The van der Waals surface area contributed by atoms with E-state index in [4.69, 9.17) is 10.6 Å². The van der Waals surface area contributed by atoms with Crippen LogP contribution in [0, 0.1) is 0 Å². The molecule has 0 bridgehead atoms. The fourth-order valence-electron chi connectivity index (χ4n) is 2.85. The second kappa shape index (κ2) is 8.79. The predicted octanol–water partition coefficient (Wildman–Crippen LogP) is 0.708. The number of carbonyl (C=O) groups excluding carboxylic acids is 2. The summed E-state index contributed by atoms with van der Waals surface area (Å²) in [4.78, 5) is 43.6. The van der Waals surface area contributed by atoms with Gasteiger partial charge in [-0.25, -0.2) is 14.4 Å². The Labute approximate surface area is 165 Å². The standard InChI is InChI=1S/C20H20N4O5/c21-19(27)22-15(11-13-7-3-1-4-8-13)18(26)29-24-16(17(25)23-20(24)28)12-14-9-5-2-6-10-14/h1-10,15,25H,11-12H2,(H,23,28)(H3,21,22,27)/t15-/m0/s1. The zero-order valence-electron chi connectivity index (χ0n) is 15.4. The van der Waals surface area contributed by atoms with Gasteiger partial charge in [0.1, 0.15) is 11.7 Å². The van der Waals surface area contributed by atoms with Gasteiger partial charge in [0.2, 0.25) is 5.88 Å². The molecule has 1 heterocycles. The quantitative estimate of drug-likeness (QED) is 0.466. The van der Waals surface area contributed by atoms with Crippen LogP contribution in [0.5, 0.6) is 5.88 Å². The van der Waals surface area contributed by atoms with Gasteiger partial charge in [-0.3, -0.25) is 4.98 Å². The Balaban J connectivity index is 1.84. The molecule has 2 amide bonds. The van der Waals surface area contributed by atoms with E-state index in [-0.39, 0.29) is 18.5 Å². The number of benzene rings is 2. The Morgan fingerprint density at radius 3 is 2.24 bits per heavy atom. The van der Waals surface area contributed by atoms with Crippen LogP contribution in [0.15, 0.2) is 65.5 Å². The lowest BCUT2D eigenvalue weighted by atomic mass is 10.1. The summed E-state index contributed by atoms with van der Waals surface area (Å²) in [6.45, 7) is 0. The van der Waals surface area contributed by atoms with Crippen LogP contribution < -0.4 is 21.6 Å². The minimum absolute atomic E-state index is 0.0760. The lowest BCUT2D eigenvalue weighted by Gasteiger charge is -2.17. The number of urea groups is 1. The Hall–Kier alpha value is -4.01. The Bertz CT molecular complexity index is 1040. The molecule has 1 atom stereocenters. The van der Waals surface area contributed by atoms with E-state index in [9.17, 15) is 19.5 Å². The van der Waals surface area contributed by atoms with Gasteiger partial charge in [0, 0.05) is 12.8 Å². The van der Waals surface area contributed by atoms with E-state index in [2.05, 4.69) is 10.3 Å². The number of nitrogens with zero attached hydrogens (tertiary/aromatic N) is 1. The van der Waals surface area contributed by atoms with E-state index in [1.807, 2.05) is 12.1 Å². The minimum Gasteiger partial charge on any atom is -0.493 e. The normalized spacial score (nSPS) is 11.6. The summed E-state index contributed by atoms with van der Waals surface area (Å²) in [6, 6.07) is 16.0. The Morgan fingerprint density at radius 2 is 1.66 bits per heavy atom. The van der Waals surface area contributed by atoms with E-state index in [1.54, 1.807) is 48.5 Å². The van der Waals surface area contributed by atoms with Crippen molar-refractivity contribution < 1.29 is 19.5 Å². The van der Waals surface area contributed by atoms with Crippen LogP contribution in [0.2, 0.25) is 0 Å². The summed E-state index contributed by atoms with van der Waals surface area (Å²) in [7, 11) is 0. The van der Waals surface area contributed by atoms with Crippen molar-refractivity contribution in [3.8, 4) is 5.88 Å². The number of carbonyl (C=O) groups is 2. The van der Waals surface area contributed by atoms with Crippen LogP contribution >= 0.6 is 0 Å². The second-order valence-electron chi connectivity index (χ2n) is 6.34. The number of rotatable bonds is 7. The van der Waals surface area contributed by atoms with Crippen LogP contribution in [-0.2, 0) is 17.6 Å². The summed E-state index contributed by atoms with van der Waals surface area (Å²) in [5, 5.41) is 12.4. The molecule has 0 spiro atoms. The number of primary amides is 1. The molecule has 9 heteroatoms. The second-order valence-corrected chi connectivity index (χ2v) is 6.34. The molecule has 0 fully saturated rings. The molecule has 0 saturated heterocycles. The molecule has 0 saturated carbocycles. The molecule has 29 heavy (non-hydrogen) atoms. The molecule has 1 aromatic heterocycles. The highest BCUT2D eigenvalue weighted by molar-refractivity contribution is 5.83. The zero-order valence-corrected chi connectivity index (χ0v) is 15.4. The zero-order chi connectivity index (χ0) is 20.8. The van der Waals surface area contributed by atoms with Crippen LogP contribution in [0.25, 0.3) is 0 Å². The van der Waals surface area contributed by atoms with Crippen molar-refractivity contribution >= 4 is 12.0 Å². The summed E-state index contributed by atoms with van der Waals surface area (Å²) in [5.74, 6) is -1.31. The van der Waals surface area contributed by atoms with Crippen LogP contribution in [-0.4, -0.2) is 32.9 Å². The van der Waals surface area contributed by atoms with Gasteiger partial charge in [-0.1, -0.05) is 60.7 Å². The first-order valence-corrected chi connectivity index (χ1v) is 8.83. The maximum absolute atomic E-state index is 12.7. The molecule has 3 aromatic rings. The monoisotopic (exact) mass is 396 g/mol. The summed E-state index contributed by atoms with van der Waals surface area (Å²) in [6.07, 6.45) is 0.257. The number of imidazole rings is 1. The van der Waals surface area contributed by atoms with Crippen molar-refractivity contribution in [1.82, 2.24) is 15.0 Å². The van der Waals surface area contributed by atoms with Gasteiger partial charge < -0.3 is 21.0 Å². The number of nitrogens with one attached hydrogen (secondary N) is 2. The van der Waals surface area contributed by atoms with Crippen LogP contribution in [0.3, 0.4) is 0 Å². The van der Waals surface area contributed by atoms with Crippen molar-refractivity contribution in [2.24, 2.45) is 5.73 Å². The third kappa shape index (κ3) is 5.04. The van der Waals surface area contributed by atoms with E-state index >= 15 is 0 Å². The van der Waals surface area contributed by atoms with Crippen molar-refractivity contribution in [2.75, 3.05) is 0 Å². The SMILES string of the molecule is NC(=O)N[C@@H](Cc1ccccc1)C(=O)On1c(Cc2ccccc2)c(O)[nH]c1=O. The number of hydrogen-bond acceptors (Lipinski definition) is 5. The Morgan fingerprint density at radius 1 is 1.07 bits per heavy atom. The van der Waals surface area contributed by atoms with Gasteiger partial charge in [-0.05, 0) is 11.1 Å². The van der Waals surface area contributed by atoms with Gasteiger partial charge in [0.05, 0.1) is 0 Å². The van der Waals surface area contributed by atoms with E-state index in [0.717, 1.165) is 11.1 Å². The fraction of sp³-hybridized carbons (Fsp3) is 0.150. The lowest BCUT2D eigenvalue weighted by molar-refractivity contribution is -0.147. The smallest absolute Gasteiger partial charge is 0.362 e. The Kier molecular flexibility index (Phi) is 5.98. The molecule has 0 aliphatic rings. The van der Waals surface area contributed by atoms with E-state index in [1.165, 1.54) is 0 Å². The van der Waals surface area contributed by atoms with Crippen molar-refractivity contribution in [3.63, 3.8) is 0 Å². The molecule has 150 valence electrons. The van der Waals surface area contributed by atoms with Gasteiger partial charge >= 0.3 is 17.7 Å². The van der Waals surface area contributed by atoms with E-state index < -0.39 is 29.6 Å². The fourth-order valence-corrected chi connectivity index (χ4v) is 2.85. The van der Waals surface area contributed by atoms with Crippen LogP contribution in [0.4, 0.5) is 4.79 Å². The first-order chi connectivity index (χ1) is 13.9. The summed E-state index contributed by atoms with van der Waals surface area (Å²) < 4.78 is 0.686. The molecule has 5 N–H and O–H groups in total. The average Bonchev–Trinajstić information content (AvgIpc) is 2.95. The topological polar surface area (TPSA) is 139 Å². The van der Waals surface area contributed by atoms with Crippen molar-refractivity contribution in [1.29, 1.82) is 0 Å². The molecule has 0 aliphatic carbocycles. The average molecular weight is 396 g/mol. The number of hydrogen-bond donors (Lipinski definition) is 4. The first-order valence-electron chi connectivity index (χ1n) is 8.83. The van der Waals surface area contributed by atoms with Crippen molar-refractivity contribution in [2.45, 2.75) is 18.9 Å². The molecule has 3 rings (SSSR count). The van der Waals surface area contributed by atoms with Gasteiger partial charge in [0.15, 0.2) is 0 Å². The number of aromatic nitrogens is 2. The summed E-state index contributed by atoms with van der Waals surface area (Å²) >= 11 is 0. The van der Waals surface area contributed by atoms with Crippen molar-refractivity contribution in [3.05, 3.63) is 88.0 Å². The van der Waals surface area contributed by atoms with E-state index in [0.29, 0.717) is 4.73 Å². The molecule has 9 nitrogen and oxygen atoms in total. The maximum atomic E-state index is 12.7. The third-order valence-corrected chi connectivity index (χ3v) is 4.21. The lowest BCUT2D eigenvalue weighted by Crippen LogP contribution is -2.49. The number of aromatic amines is 1.